The Hall–Kier alpha value is -1.61. The number of carbonyl (C=O) groups excluding carboxylic acids is 1. The highest BCUT2D eigenvalue weighted by Crippen LogP contribution is 2.18. The van der Waals surface area contributed by atoms with Crippen LogP contribution in [0.25, 0.3) is 0 Å². The van der Waals surface area contributed by atoms with Crippen LogP contribution in [0, 0.1) is 0 Å². The Morgan fingerprint density at radius 2 is 0.804 bits per heavy atom. The average Bonchev–Trinajstić information content (AvgIpc) is 3.04. The molecule has 0 aliphatic carbocycles. The highest BCUT2D eigenvalue weighted by Gasteiger charge is 2.14. The molecular formula is C43H79NO2. The quantitative estimate of drug-likeness (QED) is 0.0392. The Morgan fingerprint density at radius 1 is 0.478 bits per heavy atom. The first-order valence-corrected chi connectivity index (χ1v) is 20.0. The summed E-state index contributed by atoms with van der Waals surface area (Å²) in [5.41, 5.74) is 0. The highest BCUT2D eigenvalue weighted by molar-refractivity contribution is 5.69. The fourth-order valence-electron chi connectivity index (χ4n) is 5.82. The van der Waals surface area contributed by atoms with Crippen LogP contribution in [0.1, 0.15) is 194 Å². The van der Waals surface area contributed by atoms with E-state index in [1.54, 1.807) is 0 Å². The van der Waals surface area contributed by atoms with E-state index in [4.69, 9.17) is 4.74 Å². The van der Waals surface area contributed by atoms with E-state index in [-0.39, 0.29) is 12.1 Å². The molecule has 0 rings (SSSR count). The van der Waals surface area contributed by atoms with Crippen LogP contribution < -0.4 is 0 Å². The number of nitrogens with zero attached hydrogens (tertiary/aromatic N) is 1. The van der Waals surface area contributed by atoms with Gasteiger partial charge in [0.05, 0.1) is 0 Å². The topological polar surface area (TPSA) is 29.5 Å². The summed E-state index contributed by atoms with van der Waals surface area (Å²) in [5.74, 6) is 0.00891. The summed E-state index contributed by atoms with van der Waals surface area (Å²) in [6.45, 7) is 5.34. The molecule has 0 spiro atoms. The van der Waals surface area contributed by atoms with Gasteiger partial charge in [0.2, 0.25) is 0 Å². The summed E-state index contributed by atoms with van der Waals surface area (Å²) < 4.78 is 6.00. The molecular weight excluding hydrogens is 562 g/mol. The van der Waals surface area contributed by atoms with Gasteiger partial charge in [0.25, 0.3) is 0 Å². The van der Waals surface area contributed by atoms with Crippen molar-refractivity contribution in [1.82, 2.24) is 4.90 Å². The number of rotatable bonds is 35. The molecule has 0 aliphatic rings. The number of unbranched alkanes of at least 4 members (excludes halogenated alkanes) is 18. The van der Waals surface area contributed by atoms with Crippen molar-refractivity contribution in [2.45, 2.75) is 200 Å². The third kappa shape index (κ3) is 36.9. The van der Waals surface area contributed by atoms with Crippen LogP contribution in [0.5, 0.6) is 0 Å². The lowest BCUT2D eigenvalue weighted by Gasteiger charge is -2.18. The van der Waals surface area contributed by atoms with E-state index >= 15 is 0 Å². The van der Waals surface area contributed by atoms with Crippen molar-refractivity contribution in [2.75, 3.05) is 20.6 Å². The first-order chi connectivity index (χ1) is 22.6. The Balaban J connectivity index is 3.98. The minimum Gasteiger partial charge on any atom is -0.462 e. The van der Waals surface area contributed by atoms with Gasteiger partial charge in [0, 0.05) is 6.42 Å². The van der Waals surface area contributed by atoms with Crippen LogP contribution in [0.4, 0.5) is 0 Å². The standard InChI is InChI=1S/C43H79NO2/c1-5-7-9-11-13-15-17-19-21-23-25-27-29-31-33-35-38-42(46-43(45)40-37-41-44(3)4)39-36-34-32-30-28-26-24-22-20-18-16-14-12-10-8-6-2/h7-10,19-22,42H,5-6,11-18,23-41H2,1-4H3/b9-7-,10-8-,21-19-,22-20-. The van der Waals surface area contributed by atoms with Crippen molar-refractivity contribution >= 4 is 5.97 Å². The molecule has 0 amide bonds. The van der Waals surface area contributed by atoms with Crippen LogP contribution in [-0.2, 0) is 9.53 Å². The molecule has 46 heavy (non-hydrogen) atoms. The van der Waals surface area contributed by atoms with Gasteiger partial charge in [0.15, 0.2) is 0 Å². The minimum absolute atomic E-state index is 0.00891. The largest absolute Gasteiger partial charge is 0.462 e. The number of allylic oxidation sites excluding steroid dienone is 8. The molecule has 0 bridgehead atoms. The smallest absolute Gasteiger partial charge is 0.306 e. The lowest BCUT2D eigenvalue weighted by Crippen LogP contribution is -2.20. The molecule has 0 aliphatic heterocycles. The molecule has 0 heterocycles. The van der Waals surface area contributed by atoms with E-state index in [0.717, 1.165) is 38.6 Å². The maximum atomic E-state index is 12.5. The third-order valence-electron chi connectivity index (χ3n) is 8.70. The van der Waals surface area contributed by atoms with Gasteiger partial charge >= 0.3 is 5.97 Å². The molecule has 268 valence electrons. The SMILES string of the molecule is CC/C=C\CCCC/C=C\CCCCCCCCC(CCCCCCCC/C=C\CCCC/C=C\CC)OC(=O)CCCN(C)C. The van der Waals surface area contributed by atoms with Crippen LogP contribution in [-0.4, -0.2) is 37.6 Å². The van der Waals surface area contributed by atoms with Crippen LogP contribution >= 0.6 is 0 Å². The number of hydrogen-bond acceptors (Lipinski definition) is 3. The molecule has 3 nitrogen and oxygen atoms in total. The number of carbonyl (C=O) groups is 1. The summed E-state index contributed by atoms with van der Waals surface area (Å²) in [4.78, 5) is 14.7. The van der Waals surface area contributed by atoms with Gasteiger partial charge in [-0.05, 0) is 143 Å². The first kappa shape index (κ1) is 44.4. The van der Waals surface area contributed by atoms with Crippen LogP contribution in [0.15, 0.2) is 48.6 Å². The van der Waals surface area contributed by atoms with E-state index in [0.29, 0.717) is 6.42 Å². The van der Waals surface area contributed by atoms with E-state index in [2.05, 4.69) is 81.5 Å². The van der Waals surface area contributed by atoms with E-state index in [9.17, 15) is 4.79 Å². The maximum Gasteiger partial charge on any atom is 0.306 e. The van der Waals surface area contributed by atoms with Crippen molar-refractivity contribution in [1.29, 1.82) is 0 Å². The van der Waals surface area contributed by atoms with Gasteiger partial charge in [-0.1, -0.05) is 114 Å². The molecule has 0 atom stereocenters. The maximum absolute atomic E-state index is 12.5. The Bertz CT molecular complexity index is 687. The zero-order valence-corrected chi connectivity index (χ0v) is 31.5. The van der Waals surface area contributed by atoms with Gasteiger partial charge in [-0.3, -0.25) is 4.79 Å². The van der Waals surface area contributed by atoms with Crippen molar-refractivity contribution in [3.8, 4) is 0 Å². The van der Waals surface area contributed by atoms with Crippen molar-refractivity contribution in [3.63, 3.8) is 0 Å². The van der Waals surface area contributed by atoms with Gasteiger partial charge < -0.3 is 9.64 Å². The summed E-state index contributed by atoms with van der Waals surface area (Å²) in [7, 11) is 4.12. The summed E-state index contributed by atoms with van der Waals surface area (Å²) in [6, 6.07) is 0. The predicted molar refractivity (Wildman–Crippen MR) is 206 cm³/mol. The molecule has 3 heteroatoms. The molecule has 0 fully saturated rings. The molecule has 0 radical (unpaired) electrons. The summed E-state index contributed by atoms with van der Waals surface area (Å²) in [6.07, 6.45) is 52.9. The normalized spacial score (nSPS) is 12.4. The molecule has 0 saturated carbocycles. The molecule has 0 aromatic rings. The fourth-order valence-corrected chi connectivity index (χ4v) is 5.82. The van der Waals surface area contributed by atoms with Crippen LogP contribution in [0.3, 0.4) is 0 Å². The van der Waals surface area contributed by atoms with E-state index in [1.807, 2.05) is 0 Å². The Kier molecular flexibility index (Phi) is 36.5. The lowest BCUT2D eigenvalue weighted by molar-refractivity contribution is -0.150. The minimum atomic E-state index is 0.00891. The molecule has 0 aromatic heterocycles. The number of esters is 1. The van der Waals surface area contributed by atoms with Gasteiger partial charge in [-0.25, -0.2) is 0 Å². The van der Waals surface area contributed by atoms with Gasteiger partial charge in [-0.2, -0.15) is 0 Å². The predicted octanol–water partition coefficient (Wildman–Crippen LogP) is 13.6. The molecule has 0 saturated heterocycles. The third-order valence-corrected chi connectivity index (χ3v) is 8.70. The second kappa shape index (κ2) is 37.8. The van der Waals surface area contributed by atoms with E-state index in [1.165, 1.54) is 141 Å². The Labute approximate surface area is 288 Å². The monoisotopic (exact) mass is 642 g/mol. The van der Waals surface area contributed by atoms with Gasteiger partial charge in [-0.15, -0.1) is 0 Å². The second-order valence-electron chi connectivity index (χ2n) is 13.7. The Morgan fingerprint density at radius 3 is 1.17 bits per heavy atom. The fraction of sp³-hybridized carbons (Fsp3) is 0.791. The zero-order valence-electron chi connectivity index (χ0n) is 31.5. The molecule has 0 aromatic carbocycles. The second-order valence-corrected chi connectivity index (χ2v) is 13.7. The van der Waals surface area contributed by atoms with Crippen molar-refractivity contribution < 1.29 is 9.53 Å². The number of ether oxygens (including phenoxy) is 1. The average molecular weight is 642 g/mol. The summed E-state index contributed by atoms with van der Waals surface area (Å²) in [5, 5.41) is 0. The first-order valence-electron chi connectivity index (χ1n) is 20.0. The number of hydrogen-bond donors (Lipinski definition) is 0. The van der Waals surface area contributed by atoms with E-state index < -0.39 is 0 Å². The zero-order chi connectivity index (χ0) is 33.6. The summed E-state index contributed by atoms with van der Waals surface area (Å²) >= 11 is 0. The lowest BCUT2D eigenvalue weighted by atomic mass is 10.0. The van der Waals surface area contributed by atoms with Crippen molar-refractivity contribution in [2.24, 2.45) is 0 Å². The van der Waals surface area contributed by atoms with Crippen molar-refractivity contribution in [3.05, 3.63) is 48.6 Å². The van der Waals surface area contributed by atoms with Gasteiger partial charge in [0.1, 0.15) is 6.10 Å². The molecule has 0 unspecified atom stereocenters. The molecule has 0 N–H and O–H groups in total. The van der Waals surface area contributed by atoms with Crippen LogP contribution in [0.2, 0.25) is 0 Å². The highest BCUT2D eigenvalue weighted by atomic mass is 16.5.